The van der Waals surface area contributed by atoms with Crippen LogP contribution in [0.1, 0.15) is 49.1 Å². The normalized spacial score (nSPS) is 15.9. The minimum atomic E-state index is 0.577. The second kappa shape index (κ2) is 10.4. The Balaban J connectivity index is 1.36. The van der Waals surface area contributed by atoms with Crippen molar-refractivity contribution in [1.82, 2.24) is 25.4 Å². The highest BCUT2D eigenvalue weighted by atomic mass is 32.1. The van der Waals surface area contributed by atoms with E-state index < -0.39 is 0 Å². The fourth-order valence-electron chi connectivity index (χ4n) is 3.52. The molecular formula is C20H32N6S. The van der Waals surface area contributed by atoms with Crippen molar-refractivity contribution in [2.24, 2.45) is 10.9 Å². The number of guanidine groups is 1. The van der Waals surface area contributed by atoms with Crippen LogP contribution < -0.4 is 10.6 Å². The Morgan fingerprint density at radius 2 is 2.22 bits per heavy atom. The SMILES string of the molecule is CN=C(NCCCc1nnc2n1CCCCC2)NCC(C)Cc1cccs1. The number of aliphatic imine (C=N–C) groups is 1. The Morgan fingerprint density at radius 1 is 1.30 bits per heavy atom. The van der Waals surface area contributed by atoms with Gasteiger partial charge in [-0.05, 0) is 43.0 Å². The summed E-state index contributed by atoms with van der Waals surface area (Å²) in [7, 11) is 1.83. The summed E-state index contributed by atoms with van der Waals surface area (Å²) in [6.45, 7) is 5.17. The third kappa shape index (κ3) is 6.06. The first-order valence-electron chi connectivity index (χ1n) is 10.1. The zero-order valence-corrected chi connectivity index (χ0v) is 17.4. The van der Waals surface area contributed by atoms with E-state index in [0.717, 1.165) is 57.1 Å². The molecule has 0 aromatic carbocycles. The maximum Gasteiger partial charge on any atom is 0.190 e. The molecule has 0 radical (unpaired) electrons. The van der Waals surface area contributed by atoms with Crippen molar-refractivity contribution >= 4 is 17.3 Å². The molecule has 2 N–H and O–H groups in total. The fraction of sp³-hybridized carbons (Fsp3) is 0.650. The van der Waals surface area contributed by atoms with Crippen LogP contribution in [0, 0.1) is 5.92 Å². The standard InChI is InChI=1S/C20H32N6S/c1-16(14-17-8-7-13-27-17)15-23-20(21-2)22-11-6-10-19-25-24-18-9-4-3-5-12-26(18)19/h7-8,13,16H,3-6,9-12,14-15H2,1-2H3,(H2,21,22,23). The summed E-state index contributed by atoms with van der Waals surface area (Å²) in [6.07, 6.45) is 7.97. The molecule has 6 nitrogen and oxygen atoms in total. The number of aryl methyl sites for hydroxylation is 2. The summed E-state index contributed by atoms with van der Waals surface area (Å²) in [5, 5.41) is 17.8. The van der Waals surface area contributed by atoms with Gasteiger partial charge in [-0.3, -0.25) is 4.99 Å². The molecule has 1 aliphatic heterocycles. The summed E-state index contributed by atoms with van der Waals surface area (Å²) in [5.74, 6) is 3.77. The molecule has 27 heavy (non-hydrogen) atoms. The van der Waals surface area contributed by atoms with Crippen LogP contribution in [0.4, 0.5) is 0 Å². The van der Waals surface area contributed by atoms with E-state index >= 15 is 0 Å². The lowest BCUT2D eigenvalue weighted by molar-refractivity contribution is 0.560. The Hall–Kier alpha value is -1.89. The predicted octanol–water partition coefficient (Wildman–Crippen LogP) is 3.04. The van der Waals surface area contributed by atoms with E-state index in [-0.39, 0.29) is 0 Å². The predicted molar refractivity (Wildman–Crippen MR) is 112 cm³/mol. The maximum absolute atomic E-state index is 4.41. The van der Waals surface area contributed by atoms with Gasteiger partial charge < -0.3 is 15.2 Å². The molecule has 0 fully saturated rings. The Kier molecular flexibility index (Phi) is 7.68. The average molecular weight is 389 g/mol. The number of thiophene rings is 1. The van der Waals surface area contributed by atoms with Crippen LogP contribution in [-0.2, 0) is 25.8 Å². The molecule has 3 rings (SSSR count). The van der Waals surface area contributed by atoms with E-state index in [1.165, 1.54) is 30.0 Å². The van der Waals surface area contributed by atoms with Crippen molar-refractivity contribution in [3.05, 3.63) is 34.0 Å². The first-order chi connectivity index (χ1) is 13.3. The van der Waals surface area contributed by atoms with Crippen LogP contribution >= 0.6 is 11.3 Å². The number of hydrogen-bond acceptors (Lipinski definition) is 4. The lowest BCUT2D eigenvalue weighted by Gasteiger charge is -2.15. The van der Waals surface area contributed by atoms with Gasteiger partial charge in [-0.25, -0.2) is 0 Å². The van der Waals surface area contributed by atoms with Gasteiger partial charge in [-0.15, -0.1) is 21.5 Å². The number of aromatic nitrogens is 3. The molecule has 1 atom stereocenters. The number of rotatable bonds is 8. The second-order valence-corrected chi connectivity index (χ2v) is 8.40. The molecular weight excluding hydrogens is 356 g/mol. The minimum Gasteiger partial charge on any atom is -0.356 e. The van der Waals surface area contributed by atoms with Gasteiger partial charge in [-0.2, -0.15) is 0 Å². The number of nitrogens with zero attached hydrogens (tertiary/aromatic N) is 4. The molecule has 0 saturated heterocycles. The van der Waals surface area contributed by atoms with E-state index in [1.807, 2.05) is 18.4 Å². The summed E-state index contributed by atoms with van der Waals surface area (Å²) in [6, 6.07) is 4.33. The van der Waals surface area contributed by atoms with Crippen LogP contribution in [-0.4, -0.2) is 40.9 Å². The fourth-order valence-corrected chi connectivity index (χ4v) is 4.39. The largest absolute Gasteiger partial charge is 0.356 e. The number of nitrogens with one attached hydrogen (secondary N) is 2. The average Bonchev–Trinajstić information content (AvgIpc) is 3.25. The van der Waals surface area contributed by atoms with Gasteiger partial charge in [0.05, 0.1) is 0 Å². The topological polar surface area (TPSA) is 67.1 Å². The highest BCUT2D eigenvalue weighted by Gasteiger charge is 2.14. The molecule has 7 heteroatoms. The van der Waals surface area contributed by atoms with Crippen LogP contribution in [0.25, 0.3) is 0 Å². The van der Waals surface area contributed by atoms with Crippen molar-refractivity contribution in [2.75, 3.05) is 20.1 Å². The third-order valence-electron chi connectivity index (χ3n) is 5.03. The van der Waals surface area contributed by atoms with Gasteiger partial charge in [-0.1, -0.05) is 19.4 Å². The van der Waals surface area contributed by atoms with E-state index in [2.05, 4.69) is 54.8 Å². The highest BCUT2D eigenvalue weighted by Crippen LogP contribution is 2.15. The van der Waals surface area contributed by atoms with Gasteiger partial charge in [0, 0.05) is 44.4 Å². The van der Waals surface area contributed by atoms with Crippen LogP contribution in [0.3, 0.4) is 0 Å². The lowest BCUT2D eigenvalue weighted by Crippen LogP contribution is -2.40. The first-order valence-corrected chi connectivity index (χ1v) is 11.0. The third-order valence-corrected chi connectivity index (χ3v) is 5.93. The summed E-state index contributed by atoms with van der Waals surface area (Å²) in [4.78, 5) is 5.78. The van der Waals surface area contributed by atoms with E-state index in [4.69, 9.17) is 0 Å². The Morgan fingerprint density at radius 3 is 3.04 bits per heavy atom. The van der Waals surface area contributed by atoms with Gasteiger partial charge in [0.15, 0.2) is 5.96 Å². The minimum absolute atomic E-state index is 0.577. The molecule has 3 heterocycles. The van der Waals surface area contributed by atoms with Gasteiger partial charge in [0.2, 0.25) is 0 Å². The molecule has 0 amide bonds. The van der Waals surface area contributed by atoms with Gasteiger partial charge >= 0.3 is 0 Å². The summed E-state index contributed by atoms with van der Waals surface area (Å²) >= 11 is 1.83. The number of hydrogen-bond donors (Lipinski definition) is 2. The van der Waals surface area contributed by atoms with E-state index in [1.54, 1.807) is 0 Å². The van der Waals surface area contributed by atoms with Crippen molar-refractivity contribution in [1.29, 1.82) is 0 Å². The zero-order chi connectivity index (χ0) is 18.9. The molecule has 1 unspecified atom stereocenters. The molecule has 0 aliphatic carbocycles. The van der Waals surface area contributed by atoms with E-state index in [9.17, 15) is 0 Å². The monoisotopic (exact) mass is 388 g/mol. The summed E-state index contributed by atoms with van der Waals surface area (Å²) in [5.41, 5.74) is 0. The van der Waals surface area contributed by atoms with Crippen molar-refractivity contribution < 1.29 is 0 Å². The smallest absolute Gasteiger partial charge is 0.190 e. The summed E-state index contributed by atoms with van der Waals surface area (Å²) < 4.78 is 2.34. The molecule has 0 saturated carbocycles. The van der Waals surface area contributed by atoms with Gasteiger partial charge in [0.25, 0.3) is 0 Å². The first kappa shape index (κ1) is 19.9. The maximum atomic E-state index is 4.41. The molecule has 0 bridgehead atoms. The van der Waals surface area contributed by atoms with Crippen molar-refractivity contribution in [3.8, 4) is 0 Å². The lowest BCUT2D eigenvalue weighted by atomic mass is 10.1. The van der Waals surface area contributed by atoms with Crippen LogP contribution in [0.15, 0.2) is 22.5 Å². The van der Waals surface area contributed by atoms with Crippen LogP contribution in [0.2, 0.25) is 0 Å². The Bertz CT molecular complexity index is 706. The highest BCUT2D eigenvalue weighted by molar-refractivity contribution is 7.09. The molecule has 1 aliphatic rings. The molecule has 2 aromatic heterocycles. The molecule has 0 spiro atoms. The van der Waals surface area contributed by atoms with Crippen molar-refractivity contribution in [2.45, 2.75) is 58.4 Å². The molecule has 2 aromatic rings. The second-order valence-electron chi connectivity index (χ2n) is 7.37. The van der Waals surface area contributed by atoms with Crippen molar-refractivity contribution in [3.63, 3.8) is 0 Å². The number of fused-ring (bicyclic) bond motifs is 1. The van der Waals surface area contributed by atoms with E-state index in [0.29, 0.717) is 5.92 Å². The van der Waals surface area contributed by atoms with Crippen LogP contribution in [0.5, 0.6) is 0 Å². The van der Waals surface area contributed by atoms with Gasteiger partial charge in [0.1, 0.15) is 11.6 Å². The molecule has 148 valence electrons. The quantitative estimate of drug-likeness (QED) is 0.414. The zero-order valence-electron chi connectivity index (χ0n) is 16.6. The Labute approximate surface area is 166 Å².